The molecule has 0 fully saturated rings. The molecule has 1 atom stereocenters. The summed E-state index contributed by atoms with van der Waals surface area (Å²) in [6.45, 7) is 7.51. The predicted molar refractivity (Wildman–Crippen MR) is 92.4 cm³/mol. The molecule has 0 aromatic heterocycles. The Balaban J connectivity index is 2.13. The van der Waals surface area contributed by atoms with Crippen molar-refractivity contribution in [2.24, 2.45) is 0 Å². The first-order chi connectivity index (χ1) is 10.2. The van der Waals surface area contributed by atoms with Gasteiger partial charge in [0, 0.05) is 24.5 Å². The SMILES string of the molecule is CCNC(C)c1ccc(N(C)c2ccc(CC)cc2)cc1. The van der Waals surface area contributed by atoms with E-state index in [-0.39, 0.29) is 0 Å². The molecular formula is C19H26N2. The summed E-state index contributed by atoms with van der Waals surface area (Å²) in [6, 6.07) is 18.0. The van der Waals surface area contributed by atoms with Crippen molar-refractivity contribution in [3.05, 3.63) is 59.7 Å². The number of anilines is 2. The number of hydrogen-bond donors (Lipinski definition) is 1. The van der Waals surface area contributed by atoms with Crippen molar-refractivity contribution in [2.45, 2.75) is 33.2 Å². The van der Waals surface area contributed by atoms with Gasteiger partial charge in [0.25, 0.3) is 0 Å². The first-order valence-electron chi connectivity index (χ1n) is 7.81. The van der Waals surface area contributed by atoms with E-state index in [1.54, 1.807) is 0 Å². The Kier molecular flexibility index (Phi) is 5.40. The van der Waals surface area contributed by atoms with E-state index in [9.17, 15) is 0 Å². The van der Waals surface area contributed by atoms with E-state index in [4.69, 9.17) is 0 Å². The molecule has 0 saturated carbocycles. The molecule has 0 aliphatic carbocycles. The van der Waals surface area contributed by atoms with Crippen LogP contribution >= 0.6 is 0 Å². The monoisotopic (exact) mass is 282 g/mol. The normalized spacial score (nSPS) is 12.2. The number of aryl methyl sites for hydroxylation is 1. The molecule has 2 nitrogen and oxygen atoms in total. The fourth-order valence-corrected chi connectivity index (χ4v) is 2.51. The smallest absolute Gasteiger partial charge is 0.0408 e. The van der Waals surface area contributed by atoms with Crippen LogP contribution in [0, 0.1) is 0 Å². The summed E-state index contributed by atoms with van der Waals surface area (Å²) in [5.74, 6) is 0. The largest absolute Gasteiger partial charge is 0.345 e. The van der Waals surface area contributed by atoms with Crippen molar-refractivity contribution in [1.82, 2.24) is 5.32 Å². The lowest BCUT2D eigenvalue weighted by Gasteiger charge is -2.21. The number of rotatable bonds is 6. The first kappa shape index (κ1) is 15.6. The second-order valence-electron chi connectivity index (χ2n) is 5.45. The summed E-state index contributed by atoms with van der Waals surface area (Å²) in [4.78, 5) is 2.22. The van der Waals surface area contributed by atoms with Gasteiger partial charge < -0.3 is 10.2 Å². The molecule has 1 N–H and O–H groups in total. The van der Waals surface area contributed by atoms with E-state index in [1.165, 1.54) is 22.5 Å². The van der Waals surface area contributed by atoms with E-state index < -0.39 is 0 Å². The molecule has 0 aliphatic heterocycles. The van der Waals surface area contributed by atoms with E-state index in [0.29, 0.717) is 6.04 Å². The molecular weight excluding hydrogens is 256 g/mol. The van der Waals surface area contributed by atoms with Gasteiger partial charge in [0.2, 0.25) is 0 Å². The van der Waals surface area contributed by atoms with Gasteiger partial charge in [-0.1, -0.05) is 38.1 Å². The molecule has 0 radical (unpaired) electrons. The molecule has 2 heteroatoms. The Bertz CT molecular complexity index is 543. The van der Waals surface area contributed by atoms with Gasteiger partial charge in [-0.2, -0.15) is 0 Å². The highest BCUT2D eigenvalue weighted by molar-refractivity contribution is 5.62. The summed E-state index contributed by atoms with van der Waals surface area (Å²) in [5.41, 5.74) is 5.14. The predicted octanol–water partition coefficient (Wildman–Crippen LogP) is 4.69. The van der Waals surface area contributed by atoms with Crippen LogP contribution in [0.1, 0.15) is 37.9 Å². The summed E-state index contributed by atoms with van der Waals surface area (Å²) in [7, 11) is 2.11. The Morgan fingerprint density at radius 2 is 1.43 bits per heavy atom. The van der Waals surface area contributed by atoms with E-state index >= 15 is 0 Å². The van der Waals surface area contributed by atoms with Gasteiger partial charge in [-0.15, -0.1) is 0 Å². The summed E-state index contributed by atoms with van der Waals surface area (Å²) >= 11 is 0. The van der Waals surface area contributed by atoms with Crippen LogP contribution in [-0.2, 0) is 6.42 Å². The van der Waals surface area contributed by atoms with E-state index in [2.05, 4.69) is 86.6 Å². The van der Waals surface area contributed by atoms with Crippen molar-refractivity contribution in [1.29, 1.82) is 0 Å². The standard InChI is InChI=1S/C19H26N2/c1-5-16-7-11-18(12-8-16)21(4)19-13-9-17(10-14-19)15(3)20-6-2/h7-15,20H,5-6H2,1-4H3. The lowest BCUT2D eigenvalue weighted by molar-refractivity contribution is 0.598. The average molecular weight is 282 g/mol. The van der Waals surface area contributed by atoms with Crippen molar-refractivity contribution in [3.63, 3.8) is 0 Å². The van der Waals surface area contributed by atoms with Gasteiger partial charge in [0.05, 0.1) is 0 Å². The third kappa shape index (κ3) is 3.85. The molecule has 2 aromatic rings. The zero-order chi connectivity index (χ0) is 15.2. The third-order valence-electron chi connectivity index (χ3n) is 4.02. The number of nitrogens with one attached hydrogen (secondary N) is 1. The minimum absolute atomic E-state index is 0.401. The zero-order valence-corrected chi connectivity index (χ0v) is 13.6. The molecule has 21 heavy (non-hydrogen) atoms. The number of hydrogen-bond acceptors (Lipinski definition) is 2. The molecule has 0 aliphatic rings. The van der Waals surface area contributed by atoms with Crippen LogP contribution in [0.25, 0.3) is 0 Å². The Morgan fingerprint density at radius 3 is 1.90 bits per heavy atom. The van der Waals surface area contributed by atoms with Crippen LogP contribution in [0.4, 0.5) is 11.4 Å². The quantitative estimate of drug-likeness (QED) is 0.827. The first-order valence-corrected chi connectivity index (χ1v) is 7.81. The maximum absolute atomic E-state index is 3.44. The van der Waals surface area contributed by atoms with Crippen LogP contribution in [0.5, 0.6) is 0 Å². The highest BCUT2D eigenvalue weighted by Crippen LogP contribution is 2.25. The second kappa shape index (κ2) is 7.28. The molecule has 1 unspecified atom stereocenters. The summed E-state index contributed by atoms with van der Waals surface area (Å²) in [6.07, 6.45) is 1.08. The van der Waals surface area contributed by atoms with Gasteiger partial charge in [-0.3, -0.25) is 0 Å². The van der Waals surface area contributed by atoms with Crippen molar-refractivity contribution < 1.29 is 0 Å². The summed E-state index contributed by atoms with van der Waals surface area (Å²) in [5, 5.41) is 3.44. The highest BCUT2D eigenvalue weighted by atomic mass is 15.1. The third-order valence-corrected chi connectivity index (χ3v) is 4.02. The van der Waals surface area contributed by atoms with Crippen molar-refractivity contribution in [2.75, 3.05) is 18.5 Å². The average Bonchev–Trinajstić information content (AvgIpc) is 2.54. The van der Waals surface area contributed by atoms with Gasteiger partial charge >= 0.3 is 0 Å². The minimum atomic E-state index is 0.401. The zero-order valence-electron chi connectivity index (χ0n) is 13.6. The molecule has 0 heterocycles. The van der Waals surface area contributed by atoms with Crippen LogP contribution in [0.15, 0.2) is 48.5 Å². The fraction of sp³-hybridized carbons (Fsp3) is 0.368. The number of nitrogens with zero attached hydrogens (tertiary/aromatic N) is 1. The topological polar surface area (TPSA) is 15.3 Å². The maximum Gasteiger partial charge on any atom is 0.0408 e. The number of benzene rings is 2. The van der Waals surface area contributed by atoms with Crippen molar-refractivity contribution >= 4 is 11.4 Å². The molecule has 0 bridgehead atoms. The van der Waals surface area contributed by atoms with Gasteiger partial charge in [0.15, 0.2) is 0 Å². The molecule has 0 spiro atoms. The molecule has 0 saturated heterocycles. The van der Waals surface area contributed by atoms with Gasteiger partial charge in [-0.05, 0) is 55.3 Å². The lowest BCUT2D eigenvalue weighted by Crippen LogP contribution is -2.17. The van der Waals surface area contributed by atoms with E-state index in [0.717, 1.165) is 13.0 Å². The Morgan fingerprint density at radius 1 is 0.905 bits per heavy atom. The molecule has 2 aromatic carbocycles. The molecule has 0 amide bonds. The second-order valence-corrected chi connectivity index (χ2v) is 5.45. The maximum atomic E-state index is 3.44. The van der Waals surface area contributed by atoms with Crippen LogP contribution in [0.3, 0.4) is 0 Å². The minimum Gasteiger partial charge on any atom is -0.345 e. The highest BCUT2D eigenvalue weighted by Gasteiger charge is 2.06. The lowest BCUT2D eigenvalue weighted by atomic mass is 10.1. The van der Waals surface area contributed by atoms with Gasteiger partial charge in [0.1, 0.15) is 0 Å². The summed E-state index contributed by atoms with van der Waals surface area (Å²) < 4.78 is 0. The van der Waals surface area contributed by atoms with Crippen LogP contribution in [0.2, 0.25) is 0 Å². The van der Waals surface area contributed by atoms with Gasteiger partial charge in [-0.25, -0.2) is 0 Å². The van der Waals surface area contributed by atoms with Crippen LogP contribution in [-0.4, -0.2) is 13.6 Å². The van der Waals surface area contributed by atoms with E-state index in [1.807, 2.05) is 0 Å². The van der Waals surface area contributed by atoms with Crippen molar-refractivity contribution in [3.8, 4) is 0 Å². The molecule has 112 valence electrons. The van der Waals surface area contributed by atoms with Crippen LogP contribution < -0.4 is 10.2 Å². The fourth-order valence-electron chi connectivity index (χ4n) is 2.51. The Labute approximate surface area is 128 Å². The molecule has 2 rings (SSSR count). The Hall–Kier alpha value is -1.80.